The summed E-state index contributed by atoms with van der Waals surface area (Å²) in [5.41, 5.74) is 0.968. The summed E-state index contributed by atoms with van der Waals surface area (Å²) < 4.78 is 28.6. The number of carbonyl (C=O) groups is 1. The van der Waals surface area contributed by atoms with E-state index < -0.39 is 16.2 Å². The summed E-state index contributed by atoms with van der Waals surface area (Å²) in [4.78, 5) is 11.1. The number of rotatable bonds is 4. The van der Waals surface area contributed by atoms with Crippen LogP contribution in [-0.4, -0.2) is 36.9 Å². The maximum absolute atomic E-state index is 12.3. The number of aryl methyl sites for hydroxylation is 1. The molecule has 0 aliphatic carbocycles. The van der Waals surface area contributed by atoms with E-state index in [1.165, 1.54) is 10.4 Å². The van der Waals surface area contributed by atoms with Crippen molar-refractivity contribution >= 4 is 21.9 Å². The van der Waals surface area contributed by atoms with E-state index >= 15 is 0 Å². The first-order valence-corrected chi connectivity index (χ1v) is 8.35. The van der Waals surface area contributed by atoms with Crippen LogP contribution in [0.5, 0.6) is 0 Å². The molecular weight excluding hydrogens is 292 g/mol. The average molecular weight is 312 g/mol. The highest BCUT2D eigenvalue weighted by Gasteiger charge is 2.27. The highest BCUT2D eigenvalue weighted by molar-refractivity contribution is 7.90. The molecular formula is C14H20N2O4S. The molecule has 116 valence electrons. The quantitative estimate of drug-likeness (QED) is 0.891. The van der Waals surface area contributed by atoms with Crippen molar-refractivity contribution in [2.75, 3.05) is 17.8 Å². The van der Waals surface area contributed by atoms with Crippen LogP contribution in [0.25, 0.3) is 0 Å². The molecule has 1 aliphatic rings. The molecule has 0 saturated carbocycles. The number of anilines is 1. The predicted molar refractivity (Wildman–Crippen MR) is 80.7 cm³/mol. The molecule has 2 N–H and O–H groups in total. The van der Waals surface area contributed by atoms with Crippen LogP contribution in [0, 0.1) is 12.8 Å². The van der Waals surface area contributed by atoms with Gasteiger partial charge < -0.3 is 5.11 Å². The van der Waals surface area contributed by atoms with Gasteiger partial charge in [-0.05, 0) is 43.4 Å². The summed E-state index contributed by atoms with van der Waals surface area (Å²) in [5.74, 6) is -0.733. The Hall–Kier alpha value is -1.60. The molecule has 1 fully saturated rings. The molecule has 0 radical (unpaired) electrons. The number of hydrogen-bond donors (Lipinski definition) is 2. The van der Waals surface area contributed by atoms with E-state index in [2.05, 4.69) is 4.72 Å². The lowest BCUT2D eigenvalue weighted by Crippen LogP contribution is -2.42. The molecule has 6 nitrogen and oxygen atoms in total. The molecule has 0 bridgehead atoms. The van der Waals surface area contributed by atoms with Crippen molar-refractivity contribution in [3.8, 4) is 0 Å². The first kappa shape index (κ1) is 15.8. The molecule has 0 spiro atoms. The summed E-state index contributed by atoms with van der Waals surface area (Å²) >= 11 is 0. The minimum absolute atomic E-state index is 0.0993. The summed E-state index contributed by atoms with van der Waals surface area (Å²) in [6.45, 7) is 4.69. The smallest absolute Gasteiger partial charge is 0.336 e. The van der Waals surface area contributed by atoms with Gasteiger partial charge in [0.15, 0.2) is 0 Å². The number of piperidine rings is 1. The Kier molecular flexibility index (Phi) is 4.53. The van der Waals surface area contributed by atoms with Gasteiger partial charge in [-0.3, -0.25) is 4.72 Å². The standard InChI is InChI=1S/C14H20N2O4S/c1-10-4-3-7-16(9-10)21(19,20)15-12-6-5-11(2)13(8-12)14(17)18/h5-6,8,10,15H,3-4,7,9H2,1-2H3,(H,17,18). The van der Waals surface area contributed by atoms with Gasteiger partial charge in [0, 0.05) is 13.1 Å². The Bertz CT molecular complexity index is 642. The van der Waals surface area contributed by atoms with Crippen molar-refractivity contribution in [1.82, 2.24) is 4.31 Å². The number of benzene rings is 1. The molecule has 1 aromatic carbocycles. The number of carboxylic acid groups (broad SMARTS) is 1. The molecule has 1 aromatic rings. The topological polar surface area (TPSA) is 86.7 Å². The average Bonchev–Trinajstić information content (AvgIpc) is 2.40. The van der Waals surface area contributed by atoms with Crippen LogP contribution in [0.1, 0.15) is 35.7 Å². The van der Waals surface area contributed by atoms with Crippen LogP contribution in [0.2, 0.25) is 0 Å². The highest BCUT2D eigenvalue weighted by atomic mass is 32.2. The predicted octanol–water partition coefficient (Wildman–Crippen LogP) is 2.08. The zero-order chi connectivity index (χ0) is 15.6. The number of carboxylic acids is 1. The Labute approximate surface area is 125 Å². The lowest BCUT2D eigenvalue weighted by atomic mass is 10.0. The van der Waals surface area contributed by atoms with Crippen LogP contribution in [0.15, 0.2) is 18.2 Å². The molecule has 1 aliphatic heterocycles. The van der Waals surface area contributed by atoms with Crippen LogP contribution >= 0.6 is 0 Å². The molecule has 7 heteroatoms. The van der Waals surface area contributed by atoms with E-state index in [1.807, 2.05) is 6.92 Å². The number of nitrogens with zero attached hydrogens (tertiary/aromatic N) is 1. The largest absolute Gasteiger partial charge is 0.478 e. The fourth-order valence-electron chi connectivity index (χ4n) is 2.49. The van der Waals surface area contributed by atoms with E-state index in [1.54, 1.807) is 19.1 Å². The molecule has 1 atom stereocenters. The molecule has 21 heavy (non-hydrogen) atoms. The fourth-order valence-corrected chi connectivity index (χ4v) is 3.87. The normalized spacial score (nSPS) is 20.2. The van der Waals surface area contributed by atoms with Gasteiger partial charge in [0.1, 0.15) is 0 Å². The molecule has 2 rings (SSSR count). The van der Waals surface area contributed by atoms with E-state index in [0.717, 1.165) is 12.8 Å². The van der Waals surface area contributed by atoms with Gasteiger partial charge in [-0.1, -0.05) is 13.0 Å². The first-order chi connectivity index (χ1) is 9.79. The molecule has 1 saturated heterocycles. The lowest BCUT2D eigenvalue weighted by molar-refractivity contribution is 0.0696. The molecule has 0 amide bonds. The van der Waals surface area contributed by atoms with E-state index in [0.29, 0.717) is 24.6 Å². The Morgan fingerprint density at radius 2 is 2.14 bits per heavy atom. The second-order valence-electron chi connectivity index (χ2n) is 5.55. The van der Waals surface area contributed by atoms with Crippen molar-refractivity contribution in [2.24, 2.45) is 5.92 Å². The third-order valence-electron chi connectivity index (χ3n) is 3.67. The van der Waals surface area contributed by atoms with Gasteiger partial charge in [-0.25, -0.2) is 4.79 Å². The SMILES string of the molecule is Cc1ccc(NS(=O)(=O)N2CCCC(C)C2)cc1C(=O)O. The van der Waals surface area contributed by atoms with Crippen LogP contribution in [0.4, 0.5) is 5.69 Å². The third kappa shape index (κ3) is 3.74. The third-order valence-corrected chi connectivity index (χ3v) is 5.18. The van der Waals surface area contributed by atoms with Gasteiger partial charge in [-0.2, -0.15) is 12.7 Å². The molecule has 0 aromatic heterocycles. The van der Waals surface area contributed by atoms with Crippen molar-refractivity contribution in [1.29, 1.82) is 0 Å². The van der Waals surface area contributed by atoms with Crippen molar-refractivity contribution < 1.29 is 18.3 Å². The number of aromatic carboxylic acids is 1. The van der Waals surface area contributed by atoms with E-state index in [-0.39, 0.29) is 11.3 Å². The maximum atomic E-state index is 12.3. The fraction of sp³-hybridized carbons (Fsp3) is 0.500. The molecule has 1 heterocycles. The van der Waals surface area contributed by atoms with Crippen LogP contribution in [-0.2, 0) is 10.2 Å². The summed E-state index contributed by atoms with van der Waals surface area (Å²) in [6, 6.07) is 4.52. The van der Waals surface area contributed by atoms with Gasteiger partial charge in [-0.15, -0.1) is 0 Å². The van der Waals surface area contributed by atoms with E-state index in [4.69, 9.17) is 5.11 Å². The Morgan fingerprint density at radius 1 is 1.43 bits per heavy atom. The molecule has 1 unspecified atom stereocenters. The number of nitrogens with one attached hydrogen (secondary N) is 1. The minimum atomic E-state index is -3.63. The summed E-state index contributed by atoms with van der Waals surface area (Å²) in [5, 5.41) is 9.08. The van der Waals surface area contributed by atoms with Crippen LogP contribution in [0.3, 0.4) is 0 Å². The van der Waals surface area contributed by atoms with Gasteiger partial charge in [0.2, 0.25) is 0 Å². The summed E-state index contributed by atoms with van der Waals surface area (Å²) in [6.07, 6.45) is 1.87. The van der Waals surface area contributed by atoms with Crippen molar-refractivity contribution in [2.45, 2.75) is 26.7 Å². The highest BCUT2D eigenvalue weighted by Crippen LogP contribution is 2.21. The second kappa shape index (κ2) is 6.03. The zero-order valence-electron chi connectivity index (χ0n) is 12.2. The zero-order valence-corrected chi connectivity index (χ0v) is 13.0. The number of hydrogen-bond acceptors (Lipinski definition) is 3. The minimum Gasteiger partial charge on any atom is -0.478 e. The Morgan fingerprint density at radius 3 is 2.76 bits per heavy atom. The lowest BCUT2D eigenvalue weighted by Gasteiger charge is -2.30. The van der Waals surface area contributed by atoms with E-state index in [9.17, 15) is 13.2 Å². The van der Waals surface area contributed by atoms with Gasteiger partial charge in [0.25, 0.3) is 0 Å². The Balaban J connectivity index is 2.20. The van der Waals surface area contributed by atoms with Crippen molar-refractivity contribution in [3.05, 3.63) is 29.3 Å². The van der Waals surface area contributed by atoms with Crippen molar-refractivity contribution in [3.63, 3.8) is 0 Å². The first-order valence-electron chi connectivity index (χ1n) is 6.91. The summed E-state index contributed by atoms with van der Waals surface area (Å²) in [7, 11) is -3.63. The van der Waals surface area contributed by atoms with Gasteiger partial charge >= 0.3 is 16.2 Å². The van der Waals surface area contributed by atoms with Crippen LogP contribution < -0.4 is 4.72 Å². The maximum Gasteiger partial charge on any atom is 0.336 e. The van der Waals surface area contributed by atoms with Gasteiger partial charge in [0.05, 0.1) is 11.3 Å². The second-order valence-corrected chi connectivity index (χ2v) is 7.22. The monoisotopic (exact) mass is 312 g/mol.